The highest BCUT2D eigenvalue weighted by atomic mass is 79.9. The Morgan fingerprint density at radius 2 is 0.600 bits per heavy atom. The van der Waals surface area contributed by atoms with Crippen LogP contribution in [0.15, 0.2) is 59.1 Å². The predicted octanol–water partition coefficient (Wildman–Crippen LogP) is 11.0. The molecule has 3 aromatic rings. The molecule has 0 aliphatic heterocycles. The minimum absolute atomic E-state index is 0.0537. The third-order valence-electron chi connectivity index (χ3n) is 6.89. The number of benzene rings is 3. The van der Waals surface area contributed by atoms with Crippen LogP contribution in [0.4, 0.5) is 0 Å². The van der Waals surface area contributed by atoms with E-state index in [9.17, 15) is 0 Å². The van der Waals surface area contributed by atoms with Crippen LogP contribution in [0.25, 0.3) is 22.3 Å². The number of hydrogen-bond donors (Lipinski definition) is 0. The van der Waals surface area contributed by atoms with E-state index in [4.69, 9.17) is 0 Å². The fourth-order valence-electron chi connectivity index (χ4n) is 4.24. The first kappa shape index (κ1) is 27.7. The maximum Gasteiger partial charge on any atom is 0.0184 e. The van der Waals surface area contributed by atoms with Crippen molar-refractivity contribution in [3.05, 3.63) is 81.3 Å². The van der Waals surface area contributed by atoms with Crippen molar-refractivity contribution in [3.8, 4) is 22.3 Å². The van der Waals surface area contributed by atoms with E-state index in [1.54, 1.807) is 0 Å². The number of hydrogen-bond acceptors (Lipinski definition) is 0. The van der Waals surface area contributed by atoms with Gasteiger partial charge in [-0.05, 0) is 84.4 Å². The molecular formula is C34H45Br. The molecule has 0 radical (unpaired) electrons. The maximum atomic E-state index is 3.79. The summed E-state index contributed by atoms with van der Waals surface area (Å²) in [7, 11) is 0. The van der Waals surface area contributed by atoms with Crippen molar-refractivity contribution in [3.63, 3.8) is 0 Å². The summed E-state index contributed by atoms with van der Waals surface area (Å²) in [6.07, 6.45) is 0. The van der Waals surface area contributed by atoms with Crippen molar-refractivity contribution in [1.82, 2.24) is 0 Å². The van der Waals surface area contributed by atoms with E-state index in [-0.39, 0.29) is 21.7 Å². The predicted molar refractivity (Wildman–Crippen MR) is 160 cm³/mol. The third kappa shape index (κ3) is 6.67. The van der Waals surface area contributed by atoms with Crippen LogP contribution in [-0.4, -0.2) is 0 Å². The molecule has 0 N–H and O–H groups in total. The maximum absolute atomic E-state index is 3.79. The summed E-state index contributed by atoms with van der Waals surface area (Å²) >= 11 is 3.79. The van der Waals surface area contributed by atoms with E-state index >= 15 is 0 Å². The Kier molecular flexibility index (Phi) is 7.30. The second-order valence-corrected chi connectivity index (χ2v) is 15.2. The van der Waals surface area contributed by atoms with Crippen molar-refractivity contribution in [2.24, 2.45) is 0 Å². The quantitative estimate of drug-likeness (QED) is 0.307. The Morgan fingerprint density at radius 1 is 0.343 bits per heavy atom. The summed E-state index contributed by atoms with van der Waals surface area (Å²) < 4.78 is 1.13. The lowest BCUT2D eigenvalue weighted by atomic mass is 9.78. The Labute approximate surface area is 223 Å². The molecule has 0 saturated carbocycles. The second-order valence-electron chi connectivity index (χ2n) is 14.3. The Morgan fingerprint density at radius 3 is 0.943 bits per heavy atom. The molecule has 0 nitrogen and oxygen atoms in total. The van der Waals surface area contributed by atoms with Crippen LogP contribution in [-0.2, 0) is 21.7 Å². The molecule has 0 saturated heterocycles. The van der Waals surface area contributed by atoms with E-state index in [1.807, 2.05) is 0 Å². The molecule has 0 aromatic heterocycles. The van der Waals surface area contributed by atoms with Gasteiger partial charge in [0, 0.05) is 4.47 Å². The Bertz CT molecular complexity index is 1180. The first-order chi connectivity index (χ1) is 15.7. The Balaban J connectivity index is 2.33. The average Bonchev–Trinajstić information content (AvgIpc) is 2.70. The highest BCUT2D eigenvalue weighted by Crippen LogP contribution is 2.39. The molecule has 3 rings (SSSR count). The van der Waals surface area contributed by atoms with Crippen molar-refractivity contribution >= 4 is 15.9 Å². The summed E-state index contributed by atoms with van der Waals surface area (Å²) in [6.45, 7) is 27.6. The van der Waals surface area contributed by atoms with Crippen LogP contribution in [0.5, 0.6) is 0 Å². The summed E-state index contributed by atoms with van der Waals surface area (Å²) in [6, 6.07) is 21.3. The van der Waals surface area contributed by atoms with Gasteiger partial charge in [0.2, 0.25) is 0 Å². The molecule has 0 fully saturated rings. The molecule has 0 bridgehead atoms. The van der Waals surface area contributed by atoms with Crippen LogP contribution in [0.1, 0.15) is 105 Å². The molecule has 188 valence electrons. The van der Waals surface area contributed by atoms with Crippen LogP contribution >= 0.6 is 15.9 Å². The van der Waals surface area contributed by atoms with Gasteiger partial charge in [-0.3, -0.25) is 0 Å². The van der Waals surface area contributed by atoms with Gasteiger partial charge in [0.05, 0.1) is 0 Å². The second kappa shape index (κ2) is 9.22. The zero-order valence-electron chi connectivity index (χ0n) is 24.1. The zero-order valence-corrected chi connectivity index (χ0v) is 25.7. The van der Waals surface area contributed by atoms with Crippen molar-refractivity contribution in [2.75, 3.05) is 0 Å². The molecule has 0 aliphatic rings. The molecule has 1 heteroatoms. The molecule has 0 unspecified atom stereocenters. The molecule has 0 atom stereocenters. The lowest BCUT2D eigenvalue weighted by Crippen LogP contribution is -2.16. The van der Waals surface area contributed by atoms with Crippen LogP contribution in [0, 0.1) is 0 Å². The molecule has 0 spiro atoms. The summed E-state index contributed by atoms with van der Waals surface area (Å²) in [5.41, 5.74) is 10.9. The van der Waals surface area contributed by atoms with Gasteiger partial charge < -0.3 is 0 Å². The van der Waals surface area contributed by atoms with E-state index in [1.165, 1.54) is 44.5 Å². The minimum Gasteiger partial charge on any atom is -0.0561 e. The van der Waals surface area contributed by atoms with Gasteiger partial charge in [-0.15, -0.1) is 0 Å². The zero-order chi connectivity index (χ0) is 26.6. The average molecular weight is 534 g/mol. The Hall–Kier alpha value is -1.86. The standard InChI is InChI=1S/C34H45Br/c1-31(2,3)26-14-22(24-16-27(32(4,5)6)20-28(17-24)33(7,8)9)13-23(15-26)25-18-29(34(10,11)12)21-30(35)19-25/h13-21H,1-12H3. The first-order valence-corrected chi connectivity index (χ1v) is 13.7. The fourth-order valence-corrected chi connectivity index (χ4v) is 4.74. The van der Waals surface area contributed by atoms with Gasteiger partial charge in [-0.2, -0.15) is 0 Å². The normalized spacial score (nSPS) is 13.3. The van der Waals surface area contributed by atoms with Crippen LogP contribution in [0.2, 0.25) is 0 Å². The summed E-state index contributed by atoms with van der Waals surface area (Å²) in [5, 5.41) is 0. The summed E-state index contributed by atoms with van der Waals surface area (Å²) in [5.74, 6) is 0. The van der Waals surface area contributed by atoms with Crippen LogP contribution < -0.4 is 0 Å². The SMILES string of the molecule is CC(C)(C)c1cc(Br)cc(-c2cc(-c3cc(C(C)(C)C)cc(C(C)(C)C)c3)cc(C(C)(C)C)c2)c1. The van der Waals surface area contributed by atoms with Gasteiger partial charge in [0.1, 0.15) is 0 Å². The lowest BCUT2D eigenvalue weighted by Gasteiger charge is -2.27. The fraction of sp³-hybridized carbons (Fsp3) is 0.471. The van der Waals surface area contributed by atoms with Gasteiger partial charge in [-0.25, -0.2) is 0 Å². The monoisotopic (exact) mass is 532 g/mol. The van der Waals surface area contributed by atoms with Crippen molar-refractivity contribution < 1.29 is 0 Å². The largest absolute Gasteiger partial charge is 0.0561 e. The first-order valence-electron chi connectivity index (χ1n) is 12.9. The van der Waals surface area contributed by atoms with E-state index < -0.39 is 0 Å². The van der Waals surface area contributed by atoms with Crippen molar-refractivity contribution in [1.29, 1.82) is 0 Å². The van der Waals surface area contributed by atoms with Crippen molar-refractivity contribution in [2.45, 2.75) is 105 Å². The van der Waals surface area contributed by atoms with Gasteiger partial charge in [0.15, 0.2) is 0 Å². The lowest BCUT2D eigenvalue weighted by molar-refractivity contribution is 0.569. The molecule has 0 heterocycles. The molecule has 3 aromatic carbocycles. The highest BCUT2D eigenvalue weighted by molar-refractivity contribution is 9.10. The minimum atomic E-state index is 0.0537. The van der Waals surface area contributed by atoms with E-state index in [0.29, 0.717) is 0 Å². The number of halogens is 1. The molecular weight excluding hydrogens is 488 g/mol. The van der Waals surface area contributed by atoms with Crippen LogP contribution in [0.3, 0.4) is 0 Å². The van der Waals surface area contributed by atoms with E-state index in [0.717, 1.165) is 4.47 Å². The smallest absolute Gasteiger partial charge is 0.0184 e. The molecule has 0 amide bonds. The molecule has 0 aliphatic carbocycles. The molecule has 35 heavy (non-hydrogen) atoms. The number of rotatable bonds is 2. The van der Waals surface area contributed by atoms with E-state index in [2.05, 4.69) is 154 Å². The third-order valence-corrected chi connectivity index (χ3v) is 7.35. The topological polar surface area (TPSA) is 0 Å². The van der Waals surface area contributed by atoms with Gasteiger partial charge in [0.25, 0.3) is 0 Å². The van der Waals surface area contributed by atoms with Gasteiger partial charge in [-0.1, -0.05) is 135 Å². The van der Waals surface area contributed by atoms with Gasteiger partial charge >= 0.3 is 0 Å². The highest BCUT2D eigenvalue weighted by Gasteiger charge is 2.23. The summed E-state index contributed by atoms with van der Waals surface area (Å²) in [4.78, 5) is 0.